The molecule has 0 bridgehead atoms. The molecule has 0 spiro atoms. The lowest BCUT2D eigenvalue weighted by atomic mass is 10.1. The Kier molecular flexibility index (Phi) is 5.78. The molecule has 0 unspecified atom stereocenters. The fourth-order valence-electron chi connectivity index (χ4n) is 2.85. The molecule has 2 aromatic carbocycles. The first-order valence-electron chi connectivity index (χ1n) is 9.51. The number of nitrogens with zero attached hydrogens (tertiary/aromatic N) is 2. The number of hydrogen-bond acceptors (Lipinski definition) is 4. The Morgan fingerprint density at radius 1 is 0.536 bits per heavy atom. The van der Waals surface area contributed by atoms with Gasteiger partial charge in [-0.15, -0.1) is 0 Å². The Balaban J connectivity index is 2.09. The maximum Gasteiger partial charge on any atom is 0.0867 e. The average molecular weight is 373 g/mol. The summed E-state index contributed by atoms with van der Waals surface area (Å²) in [5, 5.41) is 6.78. The summed E-state index contributed by atoms with van der Waals surface area (Å²) in [6, 6.07) is 8.49. The number of aryl methyl sites for hydroxylation is 4. The summed E-state index contributed by atoms with van der Waals surface area (Å²) in [4.78, 5) is 9.42. The van der Waals surface area contributed by atoms with Crippen LogP contribution in [0, 0.1) is 27.7 Å². The Morgan fingerprint density at radius 2 is 0.893 bits per heavy atom. The van der Waals surface area contributed by atoms with Crippen LogP contribution in [0.3, 0.4) is 0 Å². The van der Waals surface area contributed by atoms with Gasteiger partial charge in [-0.3, -0.25) is 9.98 Å². The molecule has 2 aromatic rings. The molecule has 28 heavy (non-hydrogen) atoms. The number of fused-ring (bicyclic) bond motifs is 2. The van der Waals surface area contributed by atoms with Crippen LogP contribution in [0.1, 0.15) is 36.1 Å². The molecule has 0 amide bonds. The van der Waals surface area contributed by atoms with Crippen molar-refractivity contribution in [1.82, 2.24) is 0 Å². The van der Waals surface area contributed by atoms with E-state index in [1.807, 2.05) is 38.7 Å². The van der Waals surface area contributed by atoms with Crippen molar-refractivity contribution >= 4 is 35.2 Å². The summed E-state index contributed by atoms with van der Waals surface area (Å²) in [5.41, 5.74) is 10.8. The second-order valence-corrected chi connectivity index (χ2v) is 7.49. The zero-order valence-corrected chi connectivity index (χ0v) is 17.5. The van der Waals surface area contributed by atoms with E-state index >= 15 is 0 Å². The van der Waals surface area contributed by atoms with E-state index in [0.29, 0.717) is 0 Å². The quantitative estimate of drug-likeness (QED) is 0.542. The summed E-state index contributed by atoms with van der Waals surface area (Å²) >= 11 is 0. The molecule has 4 nitrogen and oxygen atoms in total. The van der Waals surface area contributed by atoms with Gasteiger partial charge < -0.3 is 10.6 Å². The molecule has 0 saturated heterocycles. The van der Waals surface area contributed by atoms with Crippen LogP contribution in [0.4, 0.5) is 22.7 Å². The number of nitrogens with one attached hydrogen (secondary N) is 2. The van der Waals surface area contributed by atoms with E-state index in [9.17, 15) is 0 Å². The third-order valence-corrected chi connectivity index (χ3v) is 4.95. The van der Waals surface area contributed by atoms with Gasteiger partial charge in [0.15, 0.2) is 0 Å². The molecule has 1 heterocycles. The van der Waals surface area contributed by atoms with Crippen LogP contribution in [-0.4, -0.2) is 12.4 Å². The largest absolute Gasteiger partial charge is 0.360 e. The summed E-state index contributed by atoms with van der Waals surface area (Å²) in [6.45, 7) is 12.5. The molecule has 144 valence electrons. The topological polar surface area (TPSA) is 48.8 Å². The third kappa shape index (κ3) is 4.58. The molecule has 0 saturated carbocycles. The van der Waals surface area contributed by atoms with Crippen LogP contribution in [-0.2, 0) is 0 Å². The summed E-state index contributed by atoms with van der Waals surface area (Å²) < 4.78 is 0. The van der Waals surface area contributed by atoms with E-state index in [2.05, 4.69) is 62.6 Å². The maximum absolute atomic E-state index is 4.71. The summed E-state index contributed by atoms with van der Waals surface area (Å²) in [6.07, 6.45) is 7.70. The second kappa shape index (κ2) is 8.26. The van der Waals surface area contributed by atoms with Crippen molar-refractivity contribution in [2.24, 2.45) is 9.98 Å². The molecule has 0 radical (unpaired) electrons. The molecular formula is C24H28N4. The van der Waals surface area contributed by atoms with Gasteiger partial charge in [-0.1, -0.05) is 0 Å². The molecule has 0 aliphatic carbocycles. The van der Waals surface area contributed by atoms with E-state index in [1.165, 1.54) is 22.3 Å². The zero-order chi connectivity index (χ0) is 20.3. The highest BCUT2D eigenvalue weighted by atomic mass is 14.9. The van der Waals surface area contributed by atoms with Gasteiger partial charge in [0, 0.05) is 24.8 Å². The minimum Gasteiger partial charge on any atom is -0.360 e. The number of anilines is 2. The third-order valence-electron chi connectivity index (χ3n) is 4.95. The molecule has 2 N–H and O–H groups in total. The van der Waals surface area contributed by atoms with Gasteiger partial charge in [-0.2, -0.15) is 0 Å². The molecular weight excluding hydrogens is 344 g/mol. The van der Waals surface area contributed by atoms with E-state index in [0.717, 1.165) is 33.9 Å². The van der Waals surface area contributed by atoms with Crippen LogP contribution in [0.5, 0.6) is 0 Å². The van der Waals surface area contributed by atoms with E-state index < -0.39 is 0 Å². The number of rotatable bonds is 0. The Bertz CT molecular complexity index is 940. The van der Waals surface area contributed by atoms with Gasteiger partial charge in [0.2, 0.25) is 0 Å². The van der Waals surface area contributed by atoms with Crippen LogP contribution in [0.2, 0.25) is 0 Å². The summed E-state index contributed by atoms with van der Waals surface area (Å²) in [5.74, 6) is 0. The first-order valence-corrected chi connectivity index (χ1v) is 9.51. The summed E-state index contributed by atoms with van der Waals surface area (Å²) in [7, 11) is 0. The fraction of sp³-hybridized carbons (Fsp3) is 0.250. The smallest absolute Gasteiger partial charge is 0.0867 e. The lowest BCUT2D eigenvalue weighted by Crippen LogP contribution is -1.96. The molecule has 1 aliphatic heterocycles. The van der Waals surface area contributed by atoms with Crippen LogP contribution in [0.15, 0.2) is 57.8 Å². The highest BCUT2D eigenvalue weighted by Crippen LogP contribution is 2.30. The molecule has 3 rings (SSSR count). The van der Waals surface area contributed by atoms with Gasteiger partial charge >= 0.3 is 0 Å². The van der Waals surface area contributed by atoms with E-state index in [1.54, 1.807) is 0 Å². The first kappa shape index (κ1) is 19.6. The number of hydrogen-bond donors (Lipinski definition) is 2. The van der Waals surface area contributed by atoms with Gasteiger partial charge in [-0.25, -0.2) is 0 Å². The molecule has 0 fully saturated rings. The molecule has 1 aliphatic rings. The molecule has 0 aromatic heterocycles. The van der Waals surface area contributed by atoms with Crippen molar-refractivity contribution in [1.29, 1.82) is 0 Å². The van der Waals surface area contributed by atoms with Crippen molar-refractivity contribution in [3.8, 4) is 0 Å². The minimum absolute atomic E-state index is 0.917. The van der Waals surface area contributed by atoms with Crippen molar-refractivity contribution < 1.29 is 0 Å². The second-order valence-electron chi connectivity index (χ2n) is 7.49. The zero-order valence-electron chi connectivity index (χ0n) is 17.5. The number of benzene rings is 2. The highest BCUT2D eigenvalue weighted by Gasteiger charge is 2.06. The van der Waals surface area contributed by atoms with Gasteiger partial charge in [-0.05, 0) is 99.2 Å². The Morgan fingerprint density at radius 3 is 1.29 bits per heavy atom. The number of allylic oxidation sites excluding steroid dienone is 2. The normalized spacial score (nSPS) is 17.8. The van der Waals surface area contributed by atoms with Crippen LogP contribution in [0.25, 0.3) is 0 Å². The highest BCUT2D eigenvalue weighted by molar-refractivity contribution is 5.87. The average Bonchev–Trinajstić information content (AvgIpc) is 2.66. The van der Waals surface area contributed by atoms with Crippen LogP contribution < -0.4 is 10.6 Å². The van der Waals surface area contributed by atoms with Gasteiger partial charge in [0.1, 0.15) is 0 Å². The molecule has 4 heteroatoms. The lowest BCUT2D eigenvalue weighted by Gasteiger charge is -2.12. The minimum atomic E-state index is 0.917. The molecule has 0 atom stereocenters. The van der Waals surface area contributed by atoms with E-state index in [4.69, 9.17) is 9.98 Å². The standard InChI is InChI=1S/C24H28N4/c1-15-11-25-21-7-17(3)19(5)9-23(21)27-13-16(2)14-28-24-10-20(6)18(4)8-22(24)26-12-15/h7-14,25,28H,1-6H3/b15-11-,16-14-,26-12?,27-13?. The van der Waals surface area contributed by atoms with Crippen molar-refractivity contribution in [2.45, 2.75) is 41.5 Å². The number of aliphatic imine (C=N–C) groups is 2. The monoisotopic (exact) mass is 372 g/mol. The SMILES string of the molecule is C/C1=C/Nc2cc(C)c(C)cc2N=C/C(C)=C\Nc2cc(C)c(C)cc2N=C1. The Labute approximate surface area is 167 Å². The van der Waals surface area contributed by atoms with Crippen molar-refractivity contribution in [3.05, 3.63) is 70.1 Å². The van der Waals surface area contributed by atoms with Crippen molar-refractivity contribution in [2.75, 3.05) is 10.6 Å². The lowest BCUT2D eigenvalue weighted by molar-refractivity contribution is 1.31. The Hall–Kier alpha value is -3.14. The fourth-order valence-corrected chi connectivity index (χ4v) is 2.85. The van der Waals surface area contributed by atoms with Gasteiger partial charge in [0.25, 0.3) is 0 Å². The van der Waals surface area contributed by atoms with Gasteiger partial charge in [0.05, 0.1) is 22.7 Å². The first-order chi connectivity index (χ1) is 13.3. The van der Waals surface area contributed by atoms with E-state index in [-0.39, 0.29) is 0 Å². The predicted molar refractivity (Wildman–Crippen MR) is 123 cm³/mol. The van der Waals surface area contributed by atoms with Crippen molar-refractivity contribution in [3.63, 3.8) is 0 Å². The maximum atomic E-state index is 4.71. The van der Waals surface area contributed by atoms with Crippen LogP contribution >= 0.6 is 0 Å². The predicted octanol–water partition coefficient (Wildman–Crippen LogP) is 6.67.